The van der Waals surface area contributed by atoms with E-state index >= 15 is 0 Å². The zero-order valence-electron chi connectivity index (χ0n) is 8.07. The van der Waals surface area contributed by atoms with E-state index in [1.165, 1.54) is 6.08 Å². The standard InChI is InChI=1S/C11H13NO2/c1-2-14-10-5-3-4-9(8-10)6-7-11(12)13/h3-8H,2H2,1H3,(H2,12,13)/b7-6-. The third-order valence-corrected chi connectivity index (χ3v) is 1.61. The fraction of sp³-hybridized carbons (Fsp3) is 0.182. The first-order valence-electron chi connectivity index (χ1n) is 4.42. The number of rotatable bonds is 4. The van der Waals surface area contributed by atoms with Crippen LogP contribution in [-0.4, -0.2) is 12.5 Å². The lowest BCUT2D eigenvalue weighted by atomic mass is 10.2. The van der Waals surface area contributed by atoms with Crippen molar-refractivity contribution >= 4 is 12.0 Å². The average Bonchev–Trinajstić information content (AvgIpc) is 2.16. The number of primary amides is 1. The molecule has 0 saturated heterocycles. The monoisotopic (exact) mass is 191 g/mol. The Morgan fingerprint density at radius 1 is 1.57 bits per heavy atom. The molecule has 0 aliphatic carbocycles. The summed E-state index contributed by atoms with van der Waals surface area (Å²) in [6.45, 7) is 2.55. The van der Waals surface area contributed by atoms with E-state index in [0.717, 1.165) is 11.3 Å². The van der Waals surface area contributed by atoms with Crippen molar-refractivity contribution in [1.82, 2.24) is 0 Å². The molecule has 1 rings (SSSR count). The lowest BCUT2D eigenvalue weighted by Crippen LogP contribution is -2.05. The first-order chi connectivity index (χ1) is 6.72. The minimum absolute atomic E-state index is 0.452. The van der Waals surface area contributed by atoms with E-state index in [0.29, 0.717) is 6.61 Å². The molecule has 3 nitrogen and oxygen atoms in total. The van der Waals surface area contributed by atoms with E-state index in [-0.39, 0.29) is 0 Å². The molecular weight excluding hydrogens is 178 g/mol. The van der Waals surface area contributed by atoms with Crippen molar-refractivity contribution in [3.63, 3.8) is 0 Å². The molecular formula is C11H13NO2. The summed E-state index contributed by atoms with van der Waals surface area (Å²) < 4.78 is 5.30. The number of nitrogens with two attached hydrogens (primary N) is 1. The van der Waals surface area contributed by atoms with Gasteiger partial charge in [0, 0.05) is 6.08 Å². The van der Waals surface area contributed by atoms with Crippen LogP contribution >= 0.6 is 0 Å². The first kappa shape index (κ1) is 10.3. The molecule has 2 N–H and O–H groups in total. The molecule has 14 heavy (non-hydrogen) atoms. The van der Waals surface area contributed by atoms with Gasteiger partial charge < -0.3 is 10.5 Å². The van der Waals surface area contributed by atoms with Crippen LogP contribution in [0.15, 0.2) is 30.3 Å². The van der Waals surface area contributed by atoms with Crippen LogP contribution in [0.5, 0.6) is 5.75 Å². The van der Waals surface area contributed by atoms with Gasteiger partial charge in [0.05, 0.1) is 6.61 Å². The molecule has 0 aliphatic heterocycles. The molecule has 0 bridgehead atoms. The highest BCUT2D eigenvalue weighted by Gasteiger charge is 1.93. The van der Waals surface area contributed by atoms with Gasteiger partial charge in [0.15, 0.2) is 0 Å². The van der Waals surface area contributed by atoms with E-state index in [9.17, 15) is 4.79 Å². The van der Waals surface area contributed by atoms with Gasteiger partial charge in [0.25, 0.3) is 0 Å². The highest BCUT2D eigenvalue weighted by Crippen LogP contribution is 2.14. The third-order valence-electron chi connectivity index (χ3n) is 1.61. The molecule has 0 saturated carbocycles. The van der Waals surface area contributed by atoms with E-state index in [4.69, 9.17) is 10.5 Å². The number of hydrogen-bond acceptors (Lipinski definition) is 2. The summed E-state index contributed by atoms with van der Waals surface area (Å²) in [6.07, 6.45) is 2.98. The van der Waals surface area contributed by atoms with Gasteiger partial charge in [-0.3, -0.25) is 4.79 Å². The Bertz CT molecular complexity index is 345. The summed E-state index contributed by atoms with van der Waals surface area (Å²) in [6, 6.07) is 7.46. The van der Waals surface area contributed by atoms with Gasteiger partial charge in [-0.1, -0.05) is 12.1 Å². The van der Waals surface area contributed by atoms with Gasteiger partial charge in [0.2, 0.25) is 5.91 Å². The van der Waals surface area contributed by atoms with Crippen LogP contribution in [0, 0.1) is 0 Å². The summed E-state index contributed by atoms with van der Waals surface area (Å²) in [5, 5.41) is 0. The number of hydrogen-bond donors (Lipinski definition) is 1. The van der Waals surface area contributed by atoms with E-state index in [2.05, 4.69) is 0 Å². The third kappa shape index (κ3) is 3.31. The van der Waals surface area contributed by atoms with Gasteiger partial charge in [-0.15, -0.1) is 0 Å². The fourth-order valence-corrected chi connectivity index (χ4v) is 1.05. The van der Waals surface area contributed by atoms with Crippen molar-refractivity contribution in [2.24, 2.45) is 5.73 Å². The fourth-order valence-electron chi connectivity index (χ4n) is 1.05. The largest absolute Gasteiger partial charge is 0.494 e. The maximum atomic E-state index is 10.5. The second-order valence-corrected chi connectivity index (χ2v) is 2.74. The summed E-state index contributed by atoms with van der Waals surface area (Å²) in [5.74, 6) is 0.339. The number of amides is 1. The number of carbonyl (C=O) groups is 1. The smallest absolute Gasteiger partial charge is 0.241 e. The Morgan fingerprint density at radius 2 is 2.36 bits per heavy atom. The van der Waals surface area contributed by atoms with Gasteiger partial charge in [-0.25, -0.2) is 0 Å². The molecule has 0 aromatic heterocycles. The topological polar surface area (TPSA) is 52.3 Å². The number of carbonyl (C=O) groups excluding carboxylic acids is 1. The molecule has 1 aromatic carbocycles. The zero-order valence-corrected chi connectivity index (χ0v) is 8.07. The molecule has 0 unspecified atom stereocenters. The summed E-state index contributed by atoms with van der Waals surface area (Å²) in [4.78, 5) is 10.5. The van der Waals surface area contributed by atoms with Crippen molar-refractivity contribution in [1.29, 1.82) is 0 Å². The van der Waals surface area contributed by atoms with E-state index < -0.39 is 5.91 Å². The Labute approximate surface area is 83.2 Å². The van der Waals surface area contributed by atoms with Gasteiger partial charge in [-0.05, 0) is 30.7 Å². The van der Waals surface area contributed by atoms with Gasteiger partial charge in [0.1, 0.15) is 5.75 Å². The summed E-state index contributed by atoms with van der Waals surface area (Å²) in [7, 11) is 0. The van der Waals surface area contributed by atoms with Crippen LogP contribution in [0.3, 0.4) is 0 Å². The van der Waals surface area contributed by atoms with Gasteiger partial charge in [-0.2, -0.15) is 0 Å². The molecule has 0 radical (unpaired) electrons. The highest BCUT2D eigenvalue weighted by molar-refractivity contribution is 5.90. The number of ether oxygens (including phenoxy) is 1. The Kier molecular flexibility index (Phi) is 3.73. The Hall–Kier alpha value is -1.77. The minimum Gasteiger partial charge on any atom is -0.494 e. The predicted octanol–water partition coefficient (Wildman–Crippen LogP) is 1.58. The van der Waals surface area contributed by atoms with Crippen LogP contribution in [0.25, 0.3) is 6.08 Å². The van der Waals surface area contributed by atoms with Crippen molar-refractivity contribution in [2.75, 3.05) is 6.61 Å². The molecule has 0 spiro atoms. The van der Waals surface area contributed by atoms with Gasteiger partial charge >= 0.3 is 0 Å². The maximum absolute atomic E-state index is 10.5. The summed E-state index contributed by atoms with van der Waals surface area (Å²) in [5.41, 5.74) is 5.88. The van der Waals surface area contributed by atoms with Crippen molar-refractivity contribution in [2.45, 2.75) is 6.92 Å². The Balaban J connectivity index is 2.77. The lowest BCUT2D eigenvalue weighted by molar-refractivity contribution is -0.113. The zero-order chi connectivity index (χ0) is 10.4. The highest BCUT2D eigenvalue weighted by atomic mass is 16.5. The normalized spacial score (nSPS) is 10.4. The SMILES string of the molecule is CCOc1cccc(/C=C\C(N)=O)c1. The van der Waals surface area contributed by atoms with E-state index in [1.807, 2.05) is 31.2 Å². The number of benzene rings is 1. The molecule has 0 atom stereocenters. The van der Waals surface area contributed by atoms with Crippen molar-refractivity contribution < 1.29 is 9.53 Å². The van der Waals surface area contributed by atoms with Crippen LogP contribution in [0.1, 0.15) is 12.5 Å². The second kappa shape index (κ2) is 5.07. The van der Waals surface area contributed by atoms with E-state index in [1.54, 1.807) is 6.08 Å². The average molecular weight is 191 g/mol. The van der Waals surface area contributed by atoms with Crippen molar-refractivity contribution in [3.05, 3.63) is 35.9 Å². The van der Waals surface area contributed by atoms with Crippen molar-refractivity contribution in [3.8, 4) is 5.75 Å². The Morgan fingerprint density at radius 3 is 3.00 bits per heavy atom. The molecule has 0 aliphatic rings. The molecule has 74 valence electrons. The van der Waals surface area contributed by atoms with Crippen LogP contribution in [0.4, 0.5) is 0 Å². The maximum Gasteiger partial charge on any atom is 0.241 e. The van der Waals surface area contributed by atoms with Crippen LogP contribution < -0.4 is 10.5 Å². The lowest BCUT2D eigenvalue weighted by Gasteiger charge is -2.02. The molecule has 0 heterocycles. The molecule has 0 fully saturated rings. The molecule has 1 amide bonds. The summed E-state index contributed by atoms with van der Waals surface area (Å²) >= 11 is 0. The second-order valence-electron chi connectivity index (χ2n) is 2.74. The first-order valence-corrected chi connectivity index (χ1v) is 4.42. The minimum atomic E-state index is -0.452. The quantitative estimate of drug-likeness (QED) is 0.734. The molecule has 1 aromatic rings. The predicted molar refractivity (Wildman–Crippen MR) is 55.8 cm³/mol. The van der Waals surface area contributed by atoms with Crippen LogP contribution in [-0.2, 0) is 4.79 Å². The molecule has 3 heteroatoms. The van der Waals surface area contributed by atoms with Crippen LogP contribution in [0.2, 0.25) is 0 Å².